The summed E-state index contributed by atoms with van der Waals surface area (Å²) in [6.45, 7) is 1.97. The number of carbonyl (C=O) groups excluding carboxylic acids is 1. The van der Waals surface area contributed by atoms with Gasteiger partial charge in [0.1, 0.15) is 0 Å². The van der Waals surface area contributed by atoms with E-state index in [-0.39, 0.29) is 5.91 Å². The Morgan fingerprint density at radius 3 is 2.29 bits per heavy atom. The van der Waals surface area contributed by atoms with Crippen LogP contribution in [0.15, 0.2) is 64.2 Å². The minimum Gasteiger partial charge on any atom is -0.493 e. The van der Waals surface area contributed by atoms with Crippen molar-refractivity contribution in [2.45, 2.75) is 6.92 Å². The van der Waals surface area contributed by atoms with Gasteiger partial charge >= 0.3 is 0 Å². The number of fused-ring (bicyclic) bond motifs is 1. The number of hydrogen-bond donors (Lipinski definition) is 0. The Morgan fingerprint density at radius 2 is 1.68 bits per heavy atom. The molecular formula is C25H22BrN3O4S. The maximum atomic E-state index is 13.5. The number of nitrogens with zero attached hydrogens (tertiary/aromatic N) is 3. The van der Waals surface area contributed by atoms with Crippen LogP contribution in [0.25, 0.3) is 10.2 Å². The van der Waals surface area contributed by atoms with E-state index in [2.05, 4.69) is 26.0 Å². The van der Waals surface area contributed by atoms with Gasteiger partial charge < -0.3 is 14.2 Å². The van der Waals surface area contributed by atoms with Gasteiger partial charge in [0.2, 0.25) is 10.9 Å². The first-order valence-corrected chi connectivity index (χ1v) is 11.9. The van der Waals surface area contributed by atoms with Crippen LogP contribution >= 0.6 is 27.3 Å². The number of hydrazone groups is 1. The number of amides is 1. The Bertz CT molecular complexity index is 1340. The molecule has 0 saturated heterocycles. The fraction of sp³-hybridized carbons (Fsp3) is 0.160. The van der Waals surface area contributed by atoms with Crippen LogP contribution < -0.4 is 19.2 Å². The molecule has 0 saturated carbocycles. The van der Waals surface area contributed by atoms with Gasteiger partial charge in [-0.15, -0.1) is 0 Å². The lowest BCUT2D eigenvalue weighted by Gasteiger charge is -2.15. The quantitative estimate of drug-likeness (QED) is 0.210. The normalized spacial score (nSPS) is 11.1. The summed E-state index contributed by atoms with van der Waals surface area (Å²) in [6.07, 6.45) is 1.57. The maximum absolute atomic E-state index is 13.5. The zero-order chi connectivity index (χ0) is 24.2. The average Bonchev–Trinajstić information content (AvgIpc) is 3.26. The van der Waals surface area contributed by atoms with E-state index in [0.29, 0.717) is 33.5 Å². The Labute approximate surface area is 209 Å². The fourth-order valence-electron chi connectivity index (χ4n) is 3.28. The molecule has 0 unspecified atom stereocenters. The minimum atomic E-state index is -0.290. The molecule has 34 heavy (non-hydrogen) atoms. The molecule has 4 aromatic rings. The monoisotopic (exact) mass is 539 g/mol. The average molecular weight is 540 g/mol. The number of halogens is 1. The number of benzene rings is 3. The molecule has 4 rings (SSSR count). The topological polar surface area (TPSA) is 73.2 Å². The van der Waals surface area contributed by atoms with Gasteiger partial charge in [0.15, 0.2) is 11.5 Å². The highest BCUT2D eigenvalue weighted by atomic mass is 79.9. The first kappa shape index (κ1) is 23.7. The number of methoxy groups -OCH3 is 3. The van der Waals surface area contributed by atoms with Crippen LogP contribution in [0.3, 0.4) is 0 Å². The fourth-order valence-corrected chi connectivity index (χ4v) is 4.76. The second kappa shape index (κ2) is 10.2. The van der Waals surface area contributed by atoms with E-state index < -0.39 is 0 Å². The third-order valence-corrected chi connectivity index (χ3v) is 6.51. The highest BCUT2D eigenvalue weighted by molar-refractivity contribution is 9.10. The zero-order valence-corrected chi connectivity index (χ0v) is 21.4. The van der Waals surface area contributed by atoms with Crippen LogP contribution in [0.4, 0.5) is 5.13 Å². The molecule has 0 radical (unpaired) electrons. The van der Waals surface area contributed by atoms with Crippen molar-refractivity contribution >= 4 is 54.7 Å². The van der Waals surface area contributed by atoms with Crippen molar-refractivity contribution in [3.05, 3.63) is 75.8 Å². The molecule has 9 heteroatoms. The Balaban J connectivity index is 1.78. The molecule has 174 valence electrons. The summed E-state index contributed by atoms with van der Waals surface area (Å²) >= 11 is 4.87. The molecule has 0 spiro atoms. The Hall–Kier alpha value is -3.43. The van der Waals surface area contributed by atoms with Gasteiger partial charge in [-0.2, -0.15) is 10.1 Å². The van der Waals surface area contributed by atoms with Crippen molar-refractivity contribution in [3.8, 4) is 17.2 Å². The number of hydrogen-bond acceptors (Lipinski definition) is 7. The van der Waals surface area contributed by atoms with Crippen molar-refractivity contribution in [2.24, 2.45) is 5.10 Å². The van der Waals surface area contributed by atoms with Crippen molar-refractivity contribution in [2.75, 3.05) is 26.3 Å². The number of anilines is 1. The lowest BCUT2D eigenvalue weighted by molar-refractivity contribution is 0.0988. The van der Waals surface area contributed by atoms with Crippen molar-refractivity contribution < 1.29 is 19.0 Å². The molecular weight excluding hydrogens is 518 g/mol. The van der Waals surface area contributed by atoms with Gasteiger partial charge in [0.05, 0.1) is 37.8 Å². The highest BCUT2D eigenvalue weighted by Gasteiger charge is 2.21. The van der Waals surface area contributed by atoms with Crippen LogP contribution in [-0.4, -0.2) is 38.4 Å². The summed E-state index contributed by atoms with van der Waals surface area (Å²) in [5, 5.41) is 6.30. The smallest absolute Gasteiger partial charge is 0.280 e. The Morgan fingerprint density at radius 1 is 1.00 bits per heavy atom. The van der Waals surface area contributed by atoms with E-state index >= 15 is 0 Å². The molecule has 7 nitrogen and oxygen atoms in total. The van der Waals surface area contributed by atoms with E-state index in [1.165, 1.54) is 16.3 Å². The summed E-state index contributed by atoms with van der Waals surface area (Å²) in [5.41, 5.74) is 3.02. The molecule has 0 bridgehead atoms. The lowest BCUT2D eigenvalue weighted by atomic mass is 10.1. The lowest BCUT2D eigenvalue weighted by Crippen LogP contribution is -2.25. The third kappa shape index (κ3) is 4.90. The van der Waals surface area contributed by atoms with Crippen LogP contribution in [0.5, 0.6) is 17.2 Å². The van der Waals surface area contributed by atoms with Crippen molar-refractivity contribution in [1.29, 1.82) is 0 Å². The SMILES string of the molecule is COc1cc(/C=N/N(C(=O)c2ccc(C)cc2)c2nc3ccc(Br)cc3s2)cc(OC)c1OC. The number of aryl methyl sites for hydroxylation is 1. The molecule has 1 aromatic heterocycles. The number of thiazole rings is 1. The second-order valence-corrected chi connectivity index (χ2v) is 9.22. The highest BCUT2D eigenvalue weighted by Crippen LogP contribution is 2.38. The first-order chi connectivity index (χ1) is 16.4. The predicted molar refractivity (Wildman–Crippen MR) is 139 cm³/mol. The van der Waals surface area contributed by atoms with Crippen molar-refractivity contribution in [3.63, 3.8) is 0 Å². The molecule has 1 heterocycles. The Kier molecular flexibility index (Phi) is 7.14. The summed E-state index contributed by atoms with van der Waals surface area (Å²) < 4.78 is 18.1. The molecule has 0 aliphatic rings. The summed E-state index contributed by atoms with van der Waals surface area (Å²) in [5.74, 6) is 1.17. The largest absolute Gasteiger partial charge is 0.493 e. The van der Waals surface area contributed by atoms with Crippen LogP contribution in [0.2, 0.25) is 0 Å². The van der Waals surface area contributed by atoms with E-state index in [4.69, 9.17) is 14.2 Å². The molecule has 3 aromatic carbocycles. The summed E-state index contributed by atoms with van der Waals surface area (Å²) in [4.78, 5) is 18.1. The predicted octanol–water partition coefficient (Wildman–Crippen LogP) is 6.07. The molecule has 1 amide bonds. The van der Waals surface area contributed by atoms with Crippen LogP contribution in [-0.2, 0) is 0 Å². The molecule has 0 N–H and O–H groups in total. The van der Waals surface area contributed by atoms with Crippen LogP contribution in [0, 0.1) is 6.92 Å². The number of carbonyl (C=O) groups is 1. The summed E-state index contributed by atoms with van der Waals surface area (Å²) in [7, 11) is 4.64. The second-order valence-electron chi connectivity index (χ2n) is 7.29. The van der Waals surface area contributed by atoms with E-state index in [1.807, 2.05) is 37.3 Å². The van der Waals surface area contributed by atoms with Crippen molar-refractivity contribution in [1.82, 2.24) is 4.98 Å². The van der Waals surface area contributed by atoms with Gasteiger partial charge in [-0.25, -0.2) is 4.98 Å². The van der Waals surface area contributed by atoms with E-state index in [1.54, 1.807) is 51.8 Å². The maximum Gasteiger partial charge on any atom is 0.280 e. The van der Waals surface area contributed by atoms with Gasteiger partial charge in [0.25, 0.3) is 5.91 Å². The zero-order valence-electron chi connectivity index (χ0n) is 19.0. The molecule has 0 aliphatic carbocycles. The number of ether oxygens (including phenoxy) is 3. The summed E-state index contributed by atoms with van der Waals surface area (Å²) in [6, 6.07) is 16.6. The number of aromatic nitrogens is 1. The third-order valence-electron chi connectivity index (χ3n) is 5.02. The first-order valence-electron chi connectivity index (χ1n) is 10.2. The molecule has 0 aliphatic heterocycles. The van der Waals surface area contributed by atoms with Gasteiger partial charge in [-0.3, -0.25) is 4.79 Å². The van der Waals surface area contributed by atoms with Gasteiger partial charge in [-0.05, 0) is 49.4 Å². The standard InChI is InChI=1S/C25H22BrN3O4S/c1-15-5-7-17(8-6-15)24(30)29(25-28-19-10-9-18(26)13-22(19)34-25)27-14-16-11-20(31-2)23(33-4)21(12-16)32-3/h5-14H,1-4H3/b27-14+. The van der Waals surface area contributed by atoms with Gasteiger partial charge in [0, 0.05) is 15.6 Å². The van der Waals surface area contributed by atoms with E-state index in [0.717, 1.165) is 20.3 Å². The number of rotatable bonds is 7. The van der Waals surface area contributed by atoms with Crippen LogP contribution in [0.1, 0.15) is 21.5 Å². The molecule has 0 atom stereocenters. The molecule has 0 fully saturated rings. The van der Waals surface area contributed by atoms with Gasteiger partial charge in [-0.1, -0.05) is 45.0 Å². The minimum absolute atomic E-state index is 0.290. The van der Waals surface area contributed by atoms with E-state index in [9.17, 15) is 4.79 Å².